The molecule has 0 saturated heterocycles. The van der Waals surface area contributed by atoms with Gasteiger partial charge in [0.05, 0.1) is 10.7 Å². The van der Waals surface area contributed by atoms with Gasteiger partial charge in [-0.25, -0.2) is 0 Å². The molecule has 0 radical (unpaired) electrons. The van der Waals surface area contributed by atoms with E-state index in [1.54, 1.807) is 6.20 Å². The van der Waals surface area contributed by atoms with Crippen molar-refractivity contribution in [2.45, 2.75) is 19.9 Å². The molecule has 0 aliphatic rings. The van der Waals surface area contributed by atoms with Gasteiger partial charge in [0, 0.05) is 26.0 Å². The van der Waals surface area contributed by atoms with Crippen LogP contribution in [-0.4, -0.2) is 23.0 Å². The highest BCUT2D eigenvalue weighted by atomic mass is 79.9. The van der Waals surface area contributed by atoms with Gasteiger partial charge in [0.25, 0.3) is 0 Å². The Morgan fingerprint density at radius 1 is 1.67 bits per heavy atom. The molecule has 0 saturated carbocycles. The Kier molecular flexibility index (Phi) is 4.32. The number of hydrogen-bond donors (Lipinski definition) is 0. The SMILES string of the molecule is CCOCCCn1cc(Br)cn1. The van der Waals surface area contributed by atoms with Crippen LogP contribution in [0.25, 0.3) is 0 Å². The quantitative estimate of drug-likeness (QED) is 0.728. The van der Waals surface area contributed by atoms with E-state index in [4.69, 9.17) is 4.74 Å². The number of ether oxygens (including phenoxy) is 1. The zero-order chi connectivity index (χ0) is 8.81. The number of nitrogens with zero attached hydrogens (tertiary/aromatic N) is 2. The van der Waals surface area contributed by atoms with E-state index < -0.39 is 0 Å². The molecule has 0 amide bonds. The predicted octanol–water partition coefficient (Wildman–Crippen LogP) is 2.07. The maximum absolute atomic E-state index is 5.21. The lowest BCUT2D eigenvalue weighted by Gasteiger charge is -2.00. The van der Waals surface area contributed by atoms with Gasteiger partial charge in [0.1, 0.15) is 0 Å². The Hall–Kier alpha value is -0.350. The van der Waals surface area contributed by atoms with Gasteiger partial charge >= 0.3 is 0 Å². The minimum atomic E-state index is 0.794. The number of aromatic nitrogens is 2. The third kappa shape index (κ3) is 3.36. The van der Waals surface area contributed by atoms with Gasteiger partial charge in [-0.15, -0.1) is 0 Å². The van der Waals surface area contributed by atoms with Crippen LogP contribution in [0.5, 0.6) is 0 Å². The third-order valence-corrected chi connectivity index (χ3v) is 1.89. The summed E-state index contributed by atoms with van der Waals surface area (Å²) in [7, 11) is 0. The largest absolute Gasteiger partial charge is 0.382 e. The molecule has 1 heterocycles. The molecule has 0 aromatic carbocycles. The second-order valence-electron chi connectivity index (χ2n) is 2.47. The maximum Gasteiger partial charge on any atom is 0.0632 e. The molecule has 0 fully saturated rings. The van der Waals surface area contributed by atoms with Crippen molar-refractivity contribution < 1.29 is 4.74 Å². The van der Waals surface area contributed by atoms with Crippen molar-refractivity contribution in [2.24, 2.45) is 0 Å². The summed E-state index contributed by atoms with van der Waals surface area (Å²) in [6.07, 6.45) is 4.77. The molecule has 68 valence electrons. The molecular weight excluding hydrogens is 220 g/mol. The van der Waals surface area contributed by atoms with Gasteiger partial charge in [-0.05, 0) is 29.3 Å². The lowest BCUT2D eigenvalue weighted by Crippen LogP contribution is -2.02. The summed E-state index contributed by atoms with van der Waals surface area (Å²) in [5.74, 6) is 0. The molecule has 0 N–H and O–H groups in total. The van der Waals surface area contributed by atoms with Crippen molar-refractivity contribution in [2.75, 3.05) is 13.2 Å². The number of halogens is 1. The minimum absolute atomic E-state index is 0.794. The first-order chi connectivity index (χ1) is 5.83. The molecule has 12 heavy (non-hydrogen) atoms. The second-order valence-corrected chi connectivity index (χ2v) is 3.39. The second kappa shape index (κ2) is 5.32. The molecule has 0 unspecified atom stereocenters. The molecule has 1 rings (SSSR count). The summed E-state index contributed by atoms with van der Waals surface area (Å²) in [6, 6.07) is 0. The highest BCUT2D eigenvalue weighted by Gasteiger charge is 1.93. The van der Waals surface area contributed by atoms with Gasteiger partial charge < -0.3 is 4.74 Å². The van der Waals surface area contributed by atoms with Crippen molar-refractivity contribution in [1.82, 2.24) is 9.78 Å². The molecular formula is C8H13BrN2O. The summed E-state index contributed by atoms with van der Waals surface area (Å²) >= 11 is 3.34. The molecule has 0 spiro atoms. The first-order valence-electron chi connectivity index (χ1n) is 4.08. The molecule has 0 bridgehead atoms. The fourth-order valence-corrected chi connectivity index (χ4v) is 1.26. The molecule has 0 aliphatic heterocycles. The van der Waals surface area contributed by atoms with E-state index in [0.717, 1.165) is 30.7 Å². The van der Waals surface area contributed by atoms with Crippen LogP contribution in [0.3, 0.4) is 0 Å². The van der Waals surface area contributed by atoms with E-state index in [9.17, 15) is 0 Å². The summed E-state index contributed by atoms with van der Waals surface area (Å²) < 4.78 is 8.14. The van der Waals surface area contributed by atoms with E-state index >= 15 is 0 Å². The number of hydrogen-bond acceptors (Lipinski definition) is 2. The van der Waals surface area contributed by atoms with E-state index in [1.807, 2.05) is 17.8 Å². The first kappa shape index (κ1) is 9.74. The standard InChI is InChI=1S/C8H13BrN2O/c1-2-12-5-3-4-11-7-8(9)6-10-11/h6-7H,2-5H2,1H3. The Labute approximate surface area is 80.8 Å². The topological polar surface area (TPSA) is 27.1 Å². The average molecular weight is 233 g/mol. The highest BCUT2D eigenvalue weighted by molar-refractivity contribution is 9.10. The monoisotopic (exact) mass is 232 g/mol. The van der Waals surface area contributed by atoms with Crippen molar-refractivity contribution in [3.63, 3.8) is 0 Å². The van der Waals surface area contributed by atoms with E-state index in [0.29, 0.717) is 0 Å². The molecule has 1 aromatic heterocycles. The molecule has 1 aromatic rings. The average Bonchev–Trinajstić information content (AvgIpc) is 2.45. The number of rotatable bonds is 5. The van der Waals surface area contributed by atoms with E-state index in [2.05, 4.69) is 21.0 Å². The molecule has 4 heteroatoms. The van der Waals surface area contributed by atoms with Crippen molar-refractivity contribution >= 4 is 15.9 Å². The Morgan fingerprint density at radius 2 is 2.50 bits per heavy atom. The van der Waals surface area contributed by atoms with Gasteiger partial charge in [-0.3, -0.25) is 4.68 Å². The summed E-state index contributed by atoms with van der Waals surface area (Å²) in [5, 5.41) is 4.13. The smallest absolute Gasteiger partial charge is 0.0632 e. The lowest BCUT2D eigenvalue weighted by molar-refractivity contribution is 0.141. The zero-order valence-electron chi connectivity index (χ0n) is 7.16. The Balaban J connectivity index is 2.15. The highest BCUT2D eigenvalue weighted by Crippen LogP contribution is 2.06. The van der Waals surface area contributed by atoms with Gasteiger partial charge in [-0.1, -0.05) is 0 Å². The predicted molar refractivity (Wildman–Crippen MR) is 51.0 cm³/mol. The molecule has 0 atom stereocenters. The fraction of sp³-hybridized carbons (Fsp3) is 0.625. The van der Waals surface area contributed by atoms with Crippen molar-refractivity contribution in [3.8, 4) is 0 Å². The van der Waals surface area contributed by atoms with Crippen molar-refractivity contribution in [3.05, 3.63) is 16.9 Å². The summed E-state index contributed by atoms with van der Waals surface area (Å²) in [5.41, 5.74) is 0. The van der Waals surface area contributed by atoms with Crippen LogP contribution in [0.1, 0.15) is 13.3 Å². The fourth-order valence-electron chi connectivity index (χ4n) is 0.934. The molecule has 3 nitrogen and oxygen atoms in total. The van der Waals surface area contributed by atoms with Gasteiger partial charge in [0.15, 0.2) is 0 Å². The van der Waals surface area contributed by atoms with Crippen LogP contribution in [0, 0.1) is 0 Å². The zero-order valence-corrected chi connectivity index (χ0v) is 8.75. The van der Waals surface area contributed by atoms with Crippen LogP contribution in [-0.2, 0) is 11.3 Å². The van der Waals surface area contributed by atoms with Gasteiger partial charge in [-0.2, -0.15) is 5.10 Å². The Bertz CT molecular complexity index is 225. The van der Waals surface area contributed by atoms with Crippen LogP contribution in [0.15, 0.2) is 16.9 Å². The van der Waals surface area contributed by atoms with E-state index in [-0.39, 0.29) is 0 Å². The third-order valence-electron chi connectivity index (χ3n) is 1.48. The molecule has 0 aliphatic carbocycles. The van der Waals surface area contributed by atoms with Gasteiger partial charge in [0.2, 0.25) is 0 Å². The van der Waals surface area contributed by atoms with Crippen LogP contribution in [0.4, 0.5) is 0 Å². The van der Waals surface area contributed by atoms with Crippen molar-refractivity contribution in [1.29, 1.82) is 0 Å². The van der Waals surface area contributed by atoms with Crippen LogP contribution in [0.2, 0.25) is 0 Å². The normalized spacial score (nSPS) is 10.5. The van der Waals surface area contributed by atoms with Crippen LogP contribution < -0.4 is 0 Å². The Morgan fingerprint density at radius 3 is 3.08 bits per heavy atom. The first-order valence-corrected chi connectivity index (χ1v) is 4.88. The summed E-state index contributed by atoms with van der Waals surface area (Å²) in [6.45, 7) is 4.53. The van der Waals surface area contributed by atoms with E-state index in [1.165, 1.54) is 0 Å². The maximum atomic E-state index is 5.21. The number of aryl methyl sites for hydroxylation is 1. The lowest BCUT2D eigenvalue weighted by atomic mass is 10.4. The van der Waals surface area contributed by atoms with Crippen LogP contribution >= 0.6 is 15.9 Å². The minimum Gasteiger partial charge on any atom is -0.382 e. The summed E-state index contributed by atoms with van der Waals surface area (Å²) in [4.78, 5) is 0.